The number of nitrogen functional groups attached to an aromatic ring is 1. The number of nitrogens with two attached hydrogens (primary N) is 1. The number of methoxy groups -OCH3 is 1. The molecule has 0 atom stereocenters. The van der Waals surface area contributed by atoms with Crippen LogP contribution in [0.1, 0.15) is 13.8 Å². The van der Waals surface area contributed by atoms with Gasteiger partial charge in [-0.05, 0) is 38.1 Å². The number of sulfone groups is 1. The Morgan fingerprint density at radius 2 is 1.83 bits per heavy atom. The SMILES string of the molecule is COc1cc(N2CC[P+](C)(O)CC2)ccc1-c1c(Nc2ccccc2S(=O)(=O)C(C)C)cnnc1N. The Balaban J connectivity index is 1.74. The highest BCUT2D eigenvalue weighted by Crippen LogP contribution is 2.52. The lowest BCUT2D eigenvalue weighted by Crippen LogP contribution is -2.36. The molecule has 0 amide bonds. The molecule has 0 bridgehead atoms. The number of rotatable bonds is 7. The van der Waals surface area contributed by atoms with Gasteiger partial charge in [-0.15, -0.1) is 5.10 Å². The predicted octanol–water partition coefficient (Wildman–Crippen LogP) is 4.03. The number of nitrogens with one attached hydrogen (secondary N) is 1. The molecule has 0 spiro atoms. The molecule has 2 heterocycles. The molecule has 1 aliphatic heterocycles. The second kappa shape index (κ2) is 10.2. The first-order valence-corrected chi connectivity index (χ1v) is 15.9. The highest BCUT2D eigenvalue weighted by molar-refractivity contribution is 7.92. The van der Waals surface area contributed by atoms with E-state index in [1.165, 1.54) is 6.20 Å². The zero-order chi connectivity index (χ0) is 26.1. The first kappa shape index (κ1) is 26.1. The Kier molecular flexibility index (Phi) is 7.41. The van der Waals surface area contributed by atoms with Crippen molar-refractivity contribution < 1.29 is 18.0 Å². The topological polar surface area (TPSA) is 131 Å². The van der Waals surface area contributed by atoms with E-state index < -0.39 is 22.6 Å². The van der Waals surface area contributed by atoms with Crippen molar-refractivity contribution in [1.82, 2.24) is 10.2 Å². The summed E-state index contributed by atoms with van der Waals surface area (Å²) in [5.41, 5.74) is 9.51. The third kappa shape index (κ3) is 5.26. The molecule has 0 aliphatic carbocycles. The van der Waals surface area contributed by atoms with Gasteiger partial charge in [0.2, 0.25) is 0 Å². The van der Waals surface area contributed by atoms with E-state index in [1.54, 1.807) is 45.2 Å². The van der Waals surface area contributed by atoms with E-state index in [0.717, 1.165) is 31.1 Å². The van der Waals surface area contributed by atoms with Crippen LogP contribution >= 0.6 is 7.49 Å². The van der Waals surface area contributed by atoms with Gasteiger partial charge in [0, 0.05) is 17.3 Å². The molecule has 4 rings (SSSR count). The van der Waals surface area contributed by atoms with Crippen LogP contribution in [0.3, 0.4) is 0 Å². The van der Waals surface area contributed by atoms with Gasteiger partial charge in [-0.25, -0.2) is 8.42 Å². The molecule has 0 radical (unpaired) electrons. The van der Waals surface area contributed by atoms with Crippen molar-refractivity contribution in [2.45, 2.75) is 24.0 Å². The maximum absolute atomic E-state index is 13.0. The van der Waals surface area contributed by atoms with E-state index in [0.29, 0.717) is 28.3 Å². The van der Waals surface area contributed by atoms with Gasteiger partial charge in [0.15, 0.2) is 15.7 Å². The van der Waals surface area contributed by atoms with E-state index in [4.69, 9.17) is 10.5 Å². The van der Waals surface area contributed by atoms with Crippen LogP contribution in [0.25, 0.3) is 11.1 Å². The Morgan fingerprint density at radius 1 is 1.14 bits per heavy atom. The Labute approximate surface area is 213 Å². The average Bonchev–Trinajstić information content (AvgIpc) is 2.84. The van der Waals surface area contributed by atoms with Crippen molar-refractivity contribution in [2.24, 2.45) is 0 Å². The van der Waals surface area contributed by atoms with E-state index in [-0.39, 0.29) is 10.7 Å². The Morgan fingerprint density at radius 3 is 2.50 bits per heavy atom. The maximum Gasteiger partial charge on any atom is 0.182 e. The summed E-state index contributed by atoms with van der Waals surface area (Å²) < 4.78 is 31.7. The zero-order valence-corrected chi connectivity index (χ0v) is 22.7. The molecule has 1 aliphatic rings. The molecule has 192 valence electrons. The minimum absolute atomic E-state index is 0.189. The van der Waals surface area contributed by atoms with Gasteiger partial charge < -0.3 is 20.7 Å². The van der Waals surface area contributed by atoms with Crippen LogP contribution in [-0.2, 0) is 9.84 Å². The minimum Gasteiger partial charge on any atom is -0.496 e. The van der Waals surface area contributed by atoms with Gasteiger partial charge in [-0.1, -0.05) is 12.1 Å². The fourth-order valence-corrected chi connectivity index (χ4v) is 7.00. The summed E-state index contributed by atoms with van der Waals surface area (Å²) in [6.45, 7) is 6.86. The molecule has 0 unspecified atom stereocenters. The van der Waals surface area contributed by atoms with E-state index in [2.05, 4.69) is 20.4 Å². The van der Waals surface area contributed by atoms with E-state index in [1.807, 2.05) is 24.9 Å². The zero-order valence-electron chi connectivity index (χ0n) is 21.0. The monoisotopic (exact) mass is 530 g/mol. The van der Waals surface area contributed by atoms with Gasteiger partial charge in [-0.3, -0.25) is 4.89 Å². The number of ether oxygens (including phenoxy) is 1. The van der Waals surface area contributed by atoms with Crippen LogP contribution in [0.5, 0.6) is 5.75 Å². The average molecular weight is 531 g/mol. The Hall–Kier alpha value is -2.94. The second-order valence-electron chi connectivity index (χ2n) is 9.39. The molecular weight excluding hydrogens is 497 g/mol. The first-order chi connectivity index (χ1) is 17.0. The summed E-state index contributed by atoms with van der Waals surface area (Å²) in [6.07, 6.45) is 3.12. The van der Waals surface area contributed by atoms with Gasteiger partial charge in [0.25, 0.3) is 0 Å². The van der Waals surface area contributed by atoms with Gasteiger partial charge in [-0.2, -0.15) is 5.10 Å². The number of nitrogens with zero attached hydrogens (tertiary/aromatic N) is 3. The molecule has 0 saturated carbocycles. The summed E-state index contributed by atoms with van der Waals surface area (Å²) in [5, 5.41) is 10.7. The second-order valence-corrected chi connectivity index (χ2v) is 15.4. The molecule has 4 N–H and O–H groups in total. The van der Waals surface area contributed by atoms with Crippen molar-refractivity contribution in [3.8, 4) is 16.9 Å². The molecule has 3 aromatic rings. The van der Waals surface area contributed by atoms with Crippen molar-refractivity contribution in [3.05, 3.63) is 48.7 Å². The fourth-order valence-electron chi connectivity index (χ4n) is 4.23. The molecule has 11 heteroatoms. The number of hydrogen-bond donors (Lipinski definition) is 3. The number of aromatic nitrogens is 2. The van der Waals surface area contributed by atoms with E-state index in [9.17, 15) is 13.3 Å². The van der Waals surface area contributed by atoms with Crippen LogP contribution in [-0.4, -0.2) is 67.9 Å². The lowest BCUT2D eigenvalue weighted by atomic mass is 10.0. The highest BCUT2D eigenvalue weighted by Gasteiger charge is 2.35. The third-order valence-corrected chi connectivity index (χ3v) is 11.0. The van der Waals surface area contributed by atoms with Gasteiger partial charge >= 0.3 is 0 Å². The molecule has 1 saturated heterocycles. The van der Waals surface area contributed by atoms with Crippen LogP contribution in [0.4, 0.5) is 22.9 Å². The van der Waals surface area contributed by atoms with E-state index >= 15 is 0 Å². The van der Waals surface area contributed by atoms with Gasteiger partial charge in [0.1, 0.15) is 25.6 Å². The van der Waals surface area contributed by atoms with Crippen LogP contribution in [0, 0.1) is 0 Å². The smallest absolute Gasteiger partial charge is 0.182 e. The van der Waals surface area contributed by atoms with Crippen LogP contribution in [0.15, 0.2) is 53.6 Å². The highest BCUT2D eigenvalue weighted by atomic mass is 32.2. The molecule has 36 heavy (non-hydrogen) atoms. The lowest BCUT2D eigenvalue weighted by molar-refractivity contribution is 0.416. The van der Waals surface area contributed by atoms with Crippen molar-refractivity contribution in [3.63, 3.8) is 0 Å². The quantitative estimate of drug-likeness (QED) is 0.388. The number of para-hydroxylation sites is 1. The molecular formula is C25H33N5O4PS+. The summed E-state index contributed by atoms with van der Waals surface area (Å²) >= 11 is 0. The normalized spacial score (nSPS) is 15.7. The molecule has 1 fully saturated rings. The number of hydrogen-bond acceptors (Lipinski definition) is 9. The van der Waals surface area contributed by atoms with Gasteiger partial charge in [0.05, 0.1) is 60.1 Å². The third-order valence-electron chi connectivity index (χ3n) is 6.48. The Bertz CT molecular complexity index is 1350. The molecule has 2 aromatic carbocycles. The number of anilines is 4. The van der Waals surface area contributed by atoms with Crippen molar-refractivity contribution in [2.75, 3.05) is 55.1 Å². The van der Waals surface area contributed by atoms with Crippen molar-refractivity contribution in [1.29, 1.82) is 0 Å². The minimum atomic E-state index is -3.53. The molecule has 1 aromatic heterocycles. The largest absolute Gasteiger partial charge is 0.496 e. The first-order valence-electron chi connectivity index (χ1n) is 11.8. The summed E-state index contributed by atoms with van der Waals surface area (Å²) in [6, 6.07) is 12.6. The maximum atomic E-state index is 13.0. The number of benzene rings is 2. The van der Waals surface area contributed by atoms with Crippen LogP contribution < -0.4 is 20.7 Å². The summed E-state index contributed by atoms with van der Waals surface area (Å²) in [4.78, 5) is 12.8. The van der Waals surface area contributed by atoms with Crippen LogP contribution in [0.2, 0.25) is 0 Å². The predicted molar refractivity (Wildman–Crippen MR) is 147 cm³/mol. The summed E-state index contributed by atoms with van der Waals surface area (Å²) in [5.74, 6) is 0.791. The standard InChI is InChI=1S/C25H33N5O4PS/c1-17(2)36(32,33)23-8-6-5-7-20(23)28-21-16-27-29-25(26)24(21)19-10-9-18(15-22(19)34-3)30-11-13-35(4,31)14-12-30/h5-10,15-17,31H,11-14H2,1-4H3,(H3,26,28,29)/q+1. The molecule has 9 nitrogen and oxygen atoms in total. The lowest BCUT2D eigenvalue weighted by Gasteiger charge is -2.32. The summed E-state index contributed by atoms with van der Waals surface area (Å²) in [7, 11) is -3.73. The van der Waals surface area contributed by atoms with Crippen molar-refractivity contribution >= 4 is 40.2 Å². The fraction of sp³-hybridized carbons (Fsp3) is 0.360.